The Kier molecular flexibility index (Phi) is 7.33. The van der Waals surface area contributed by atoms with Crippen molar-refractivity contribution in [2.75, 3.05) is 0 Å². The van der Waals surface area contributed by atoms with Crippen LogP contribution in [0.25, 0.3) is 115 Å². The first kappa shape index (κ1) is 32.7. The summed E-state index contributed by atoms with van der Waals surface area (Å²) < 4.78 is 4.85. The SMILES string of the molecule is c1ccc(-c2nc(-c3ccc4nc(-c5ccccc5)c5ccc6sc7ccccc7c6c5c4c3)nc(-c3ccc4c(c3)c3ccccc3n4-c3ccccc3)n2)cc1. The summed E-state index contributed by atoms with van der Waals surface area (Å²) in [6.07, 6.45) is 0. The number of fused-ring (bicyclic) bond motifs is 10. The number of aromatic nitrogens is 5. The molecule has 0 radical (unpaired) electrons. The summed E-state index contributed by atoms with van der Waals surface area (Å²) in [5, 5.41) is 8.21. The smallest absolute Gasteiger partial charge is 0.164 e. The van der Waals surface area contributed by atoms with Gasteiger partial charge in [0.2, 0.25) is 0 Å². The number of benzene rings is 8. The molecule has 12 aromatic rings. The molecule has 4 aromatic heterocycles. The maximum atomic E-state index is 5.34. The molecular weight excluding hydrogens is 727 g/mol. The first-order chi connectivity index (χ1) is 28.7. The largest absolute Gasteiger partial charge is 0.309 e. The summed E-state index contributed by atoms with van der Waals surface area (Å²) in [6, 6.07) is 66.0. The number of hydrogen-bond acceptors (Lipinski definition) is 5. The minimum atomic E-state index is 0.611. The van der Waals surface area contributed by atoms with Gasteiger partial charge in [-0.25, -0.2) is 19.9 Å². The van der Waals surface area contributed by atoms with Crippen molar-refractivity contribution >= 4 is 75.0 Å². The normalized spacial score (nSPS) is 11.8. The second-order valence-corrected chi connectivity index (χ2v) is 15.7. The van der Waals surface area contributed by atoms with Crippen molar-refractivity contribution in [1.29, 1.82) is 0 Å². The Morgan fingerprint density at radius 3 is 1.69 bits per heavy atom. The van der Waals surface area contributed by atoms with Crippen LogP contribution in [0.5, 0.6) is 0 Å². The summed E-state index contributed by atoms with van der Waals surface area (Å²) in [4.78, 5) is 20.9. The Balaban J connectivity index is 1.11. The summed E-state index contributed by atoms with van der Waals surface area (Å²) in [6.45, 7) is 0. The van der Waals surface area contributed by atoms with Crippen LogP contribution in [0, 0.1) is 0 Å². The van der Waals surface area contributed by atoms with E-state index in [1.54, 1.807) is 0 Å². The Hall–Kier alpha value is -7.54. The lowest BCUT2D eigenvalue weighted by Gasteiger charge is -2.13. The molecule has 0 unspecified atom stereocenters. The van der Waals surface area contributed by atoms with Gasteiger partial charge >= 0.3 is 0 Å². The topological polar surface area (TPSA) is 56.5 Å². The van der Waals surface area contributed by atoms with E-state index in [1.165, 1.54) is 30.9 Å². The van der Waals surface area contributed by atoms with Crippen LogP contribution in [0.2, 0.25) is 0 Å². The fraction of sp³-hybridized carbons (Fsp3) is 0. The number of thiophene rings is 1. The van der Waals surface area contributed by atoms with E-state index < -0.39 is 0 Å². The lowest BCUT2D eigenvalue weighted by molar-refractivity contribution is 1.07. The number of rotatable bonds is 5. The third-order valence-electron chi connectivity index (χ3n) is 11.2. The van der Waals surface area contributed by atoms with Crippen molar-refractivity contribution < 1.29 is 0 Å². The molecule has 0 N–H and O–H groups in total. The fourth-order valence-corrected chi connectivity index (χ4v) is 9.69. The van der Waals surface area contributed by atoms with Crippen molar-refractivity contribution in [3.63, 3.8) is 0 Å². The minimum absolute atomic E-state index is 0.611. The zero-order chi connectivity index (χ0) is 38.2. The predicted molar refractivity (Wildman–Crippen MR) is 242 cm³/mol. The van der Waals surface area contributed by atoms with Gasteiger partial charge in [-0.3, -0.25) is 0 Å². The monoisotopic (exact) mass is 757 g/mol. The van der Waals surface area contributed by atoms with Crippen LogP contribution in [0.4, 0.5) is 0 Å². The second-order valence-electron chi connectivity index (χ2n) is 14.6. The molecule has 4 heterocycles. The van der Waals surface area contributed by atoms with Gasteiger partial charge in [-0.2, -0.15) is 0 Å². The van der Waals surface area contributed by atoms with Gasteiger partial charge in [-0.15, -0.1) is 11.3 Å². The van der Waals surface area contributed by atoms with E-state index in [2.05, 4.69) is 174 Å². The predicted octanol–water partition coefficient (Wildman–Crippen LogP) is 13.7. The van der Waals surface area contributed by atoms with Gasteiger partial charge in [0.05, 0.1) is 22.2 Å². The van der Waals surface area contributed by atoms with Crippen molar-refractivity contribution in [2.45, 2.75) is 0 Å². The minimum Gasteiger partial charge on any atom is -0.309 e. The highest BCUT2D eigenvalue weighted by Gasteiger charge is 2.20. The molecule has 12 rings (SSSR count). The second kappa shape index (κ2) is 13.0. The van der Waals surface area contributed by atoms with Gasteiger partial charge in [-0.05, 0) is 66.7 Å². The third-order valence-corrected chi connectivity index (χ3v) is 12.4. The van der Waals surface area contributed by atoms with Crippen molar-refractivity contribution in [2.24, 2.45) is 0 Å². The van der Waals surface area contributed by atoms with Crippen molar-refractivity contribution in [3.05, 3.63) is 188 Å². The van der Waals surface area contributed by atoms with E-state index in [4.69, 9.17) is 19.9 Å². The molecule has 0 fully saturated rings. The molecule has 5 nitrogen and oxygen atoms in total. The zero-order valence-electron chi connectivity index (χ0n) is 31.0. The summed E-state index contributed by atoms with van der Waals surface area (Å²) in [7, 11) is 0. The van der Waals surface area contributed by atoms with Crippen LogP contribution in [-0.4, -0.2) is 24.5 Å². The van der Waals surface area contributed by atoms with E-state index >= 15 is 0 Å². The quantitative estimate of drug-likeness (QED) is 0.164. The lowest BCUT2D eigenvalue weighted by atomic mass is 9.95. The molecule has 0 saturated carbocycles. The van der Waals surface area contributed by atoms with Gasteiger partial charge in [-0.1, -0.05) is 121 Å². The van der Waals surface area contributed by atoms with Crippen LogP contribution in [0.15, 0.2) is 188 Å². The number of pyridine rings is 1. The van der Waals surface area contributed by atoms with Crippen LogP contribution in [-0.2, 0) is 0 Å². The molecular formula is C52H31N5S. The Labute approximate surface area is 337 Å². The first-order valence-electron chi connectivity index (χ1n) is 19.4. The summed E-state index contributed by atoms with van der Waals surface area (Å²) in [5.74, 6) is 1.86. The van der Waals surface area contributed by atoms with Gasteiger partial charge in [0.1, 0.15) is 0 Å². The molecule has 0 atom stereocenters. The molecule has 0 saturated heterocycles. The summed E-state index contributed by atoms with van der Waals surface area (Å²) in [5.41, 5.74) is 9.17. The van der Waals surface area contributed by atoms with Crippen molar-refractivity contribution in [3.8, 4) is 51.1 Å². The van der Waals surface area contributed by atoms with E-state index in [0.717, 1.165) is 66.3 Å². The standard InChI is InChI=1S/C52H31N5S/c1-4-14-32(15-5-1)49-39-26-29-46-48(38-21-11-13-23-45(38)58-46)47(39)41-31-34(24-27-42(41)53-49)51-54-50(33-16-6-2-7-17-33)55-52(56-51)35-25-28-44-40(30-35)37-20-10-12-22-43(37)57(44)36-18-8-3-9-19-36/h1-31H. The summed E-state index contributed by atoms with van der Waals surface area (Å²) >= 11 is 1.83. The molecule has 270 valence electrons. The van der Waals surface area contributed by atoms with Crippen LogP contribution in [0.3, 0.4) is 0 Å². The molecule has 0 aliphatic rings. The van der Waals surface area contributed by atoms with Crippen LogP contribution < -0.4 is 0 Å². The van der Waals surface area contributed by atoms with Crippen molar-refractivity contribution in [1.82, 2.24) is 24.5 Å². The highest BCUT2D eigenvalue weighted by Crippen LogP contribution is 2.44. The Bertz CT molecular complexity index is 3560. The number of hydrogen-bond donors (Lipinski definition) is 0. The molecule has 8 aromatic carbocycles. The Morgan fingerprint density at radius 1 is 0.345 bits per heavy atom. The third kappa shape index (κ3) is 5.16. The average Bonchev–Trinajstić information content (AvgIpc) is 3.85. The first-order valence-corrected chi connectivity index (χ1v) is 20.2. The Morgan fingerprint density at radius 2 is 0.931 bits per heavy atom. The number of nitrogens with zero attached hydrogens (tertiary/aromatic N) is 5. The molecule has 0 aliphatic carbocycles. The molecule has 0 spiro atoms. The van der Waals surface area contributed by atoms with E-state index in [1.807, 2.05) is 29.5 Å². The molecule has 6 heteroatoms. The van der Waals surface area contributed by atoms with Gasteiger partial charge in [0.15, 0.2) is 17.5 Å². The van der Waals surface area contributed by atoms with Gasteiger partial charge < -0.3 is 4.57 Å². The average molecular weight is 758 g/mol. The molecule has 0 aliphatic heterocycles. The maximum absolute atomic E-state index is 5.34. The van der Waals surface area contributed by atoms with Crippen LogP contribution in [0.1, 0.15) is 0 Å². The molecule has 58 heavy (non-hydrogen) atoms. The van der Waals surface area contributed by atoms with E-state index in [9.17, 15) is 0 Å². The van der Waals surface area contributed by atoms with E-state index in [0.29, 0.717) is 17.5 Å². The molecule has 0 bridgehead atoms. The lowest BCUT2D eigenvalue weighted by Crippen LogP contribution is -2.00. The van der Waals surface area contributed by atoms with Gasteiger partial charge in [0, 0.05) is 75.0 Å². The van der Waals surface area contributed by atoms with E-state index in [-0.39, 0.29) is 0 Å². The maximum Gasteiger partial charge on any atom is 0.164 e. The zero-order valence-corrected chi connectivity index (χ0v) is 31.9. The van der Waals surface area contributed by atoms with Gasteiger partial charge in [0.25, 0.3) is 0 Å². The fourth-order valence-electron chi connectivity index (χ4n) is 8.58. The highest BCUT2D eigenvalue weighted by molar-refractivity contribution is 7.26. The molecule has 0 amide bonds. The number of para-hydroxylation sites is 2. The highest BCUT2D eigenvalue weighted by atomic mass is 32.1. The van der Waals surface area contributed by atoms with Crippen LogP contribution >= 0.6 is 11.3 Å².